The smallest absolute Gasteiger partial charge is 0.258 e. The highest BCUT2D eigenvalue weighted by Crippen LogP contribution is 2.31. The first-order valence-corrected chi connectivity index (χ1v) is 8.74. The second kappa shape index (κ2) is 8.40. The Bertz CT molecular complexity index is 901. The fraction of sp³-hybridized carbons (Fsp3) is 0.100. The van der Waals surface area contributed by atoms with Gasteiger partial charge in [-0.2, -0.15) is 0 Å². The van der Waals surface area contributed by atoms with Crippen molar-refractivity contribution in [2.45, 2.75) is 9.92 Å². The zero-order valence-electron chi connectivity index (χ0n) is 14.4. The van der Waals surface area contributed by atoms with E-state index in [-0.39, 0.29) is 5.91 Å². The van der Waals surface area contributed by atoms with Crippen molar-refractivity contribution >= 4 is 23.4 Å². The Hall–Kier alpha value is -2.99. The highest BCUT2D eigenvalue weighted by atomic mass is 32.2. The Kier molecular flexibility index (Phi) is 5.76. The lowest BCUT2D eigenvalue weighted by molar-refractivity contribution is 0.102. The van der Waals surface area contributed by atoms with Gasteiger partial charge < -0.3 is 14.8 Å². The van der Waals surface area contributed by atoms with Crippen LogP contribution < -0.4 is 14.8 Å². The van der Waals surface area contributed by atoms with Gasteiger partial charge in [0.2, 0.25) is 0 Å². The number of pyridine rings is 1. The minimum absolute atomic E-state index is 0.233. The van der Waals surface area contributed by atoms with Gasteiger partial charge in [-0.05, 0) is 36.4 Å². The van der Waals surface area contributed by atoms with Gasteiger partial charge in [0.1, 0.15) is 5.03 Å². The number of aromatic nitrogens is 1. The van der Waals surface area contributed by atoms with Crippen LogP contribution in [0.5, 0.6) is 11.5 Å². The Morgan fingerprint density at radius 3 is 2.46 bits per heavy atom. The average molecular weight is 366 g/mol. The molecule has 2 aromatic carbocycles. The molecule has 3 rings (SSSR count). The van der Waals surface area contributed by atoms with Crippen molar-refractivity contribution < 1.29 is 14.3 Å². The molecule has 6 heteroatoms. The molecule has 0 atom stereocenters. The number of carbonyl (C=O) groups is 1. The molecule has 0 saturated heterocycles. The number of rotatable bonds is 6. The van der Waals surface area contributed by atoms with Crippen molar-refractivity contribution in [3.8, 4) is 11.5 Å². The van der Waals surface area contributed by atoms with Gasteiger partial charge in [0.15, 0.2) is 11.5 Å². The van der Waals surface area contributed by atoms with E-state index in [0.717, 1.165) is 4.90 Å². The third-order valence-corrected chi connectivity index (χ3v) is 4.64. The fourth-order valence-corrected chi connectivity index (χ4v) is 3.26. The molecule has 0 aliphatic rings. The number of anilines is 1. The lowest BCUT2D eigenvalue weighted by Crippen LogP contribution is -2.13. The van der Waals surface area contributed by atoms with E-state index in [2.05, 4.69) is 10.3 Å². The van der Waals surface area contributed by atoms with Crippen LogP contribution in [0.15, 0.2) is 76.8 Å². The standard InChI is InChI=1S/C20H18N2O3S/c1-24-17-11-10-14(13-18(17)25-2)22-19(23)16-9-6-12-21-20(16)26-15-7-4-3-5-8-15/h3-13H,1-2H3,(H,22,23). The first-order chi connectivity index (χ1) is 12.7. The van der Waals surface area contributed by atoms with E-state index in [1.807, 2.05) is 30.3 Å². The van der Waals surface area contributed by atoms with E-state index < -0.39 is 0 Å². The first-order valence-electron chi connectivity index (χ1n) is 7.92. The predicted molar refractivity (Wildman–Crippen MR) is 102 cm³/mol. The van der Waals surface area contributed by atoms with Gasteiger partial charge in [0.05, 0.1) is 19.8 Å². The molecule has 0 saturated carbocycles. The summed E-state index contributed by atoms with van der Waals surface area (Å²) in [4.78, 5) is 18.1. The molecule has 26 heavy (non-hydrogen) atoms. The molecule has 1 amide bonds. The second-order valence-electron chi connectivity index (χ2n) is 5.30. The van der Waals surface area contributed by atoms with Crippen LogP contribution in [-0.4, -0.2) is 25.1 Å². The number of benzene rings is 2. The van der Waals surface area contributed by atoms with Crippen molar-refractivity contribution in [2.24, 2.45) is 0 Å². The van der Waals surface area contributed by atoms with E-state index in [4.69, 9.17) is 9.47 Å². The quantitative estimate of drug-likeness (QED) is 0.696. The predicted octanol–water partition coefficient (Wildman–Crippen LogP) is 4.50. The zero-order valence-corrected chi connectivity index (χ0v) is 15.2. The normalized spacial score (nSPS) is 10.2. The van der Waals surface area contributed by atoms with Crippen LogP contribution in [0, 0.1) is 0 Å². The molecule has 3 aromatic rings. The maximum absolute atomic E-state index is 12.7. The van der Waals surface area contributed by atoms with Gasteiger partial charge in [-0.3, -0.25) is 4.79 Å². The lowest BCUT2D eigenvalue weighted by atomic mass is 10.2. The number of nitrogens with one attached hydrogen (secondary N) is 1. The number of hydrogen-bond acceptors (Lipinski definition) is 5. The third-order valence-electron chi connectivity index (χ3n) is 3.61. The van der Waals surface area contributed by atoms with Gasteiger partial charge in [-0.25, -0.2) is 4.98 Å². The van der Waals surface area contributed by atoms with E-state index in [9.17, 15) is 4.79 Å². The third kappa shape index (κ3) is 4.15. The van der Waals surface area contributed by atoms with Crippen molar-refractivity contribution in [3.05, 3.63) is 72.4 Å². The summed E-state index contributed by atoms with van der Waals surface area (Å²) in [6, 6.07) is 18.6. The molecule has 5 nitrogen and oxygen atoms in total. The maximum Gasteiger partial charge on any atom is 0.258 e. The number of amides is 1. The number of carbonyl (C=O) groups excluding carboxylic acids is 1. The molecule has 1 N–H and O–H groups in total. The van der Waals surface area contributed by atoms with Crippen LogP contribution in [0.3, 0.4) is 0 Å². The second-order valence-corrected chi connectivity index (χ2v) is 6.36. The van der Waals surface area contributed by atoms with Gasteiger partial charge in [-0.15, -0.1) is 0 Å². The molecule has 0 radical (unpaired) electrons. The highest BCUT2D eigenvalue weighted by Gasteiger charge is 2.14. The largest absolute Gasteiger partial charge is 0.493 e. The van der Waals surface area contributed by atoms with E-state index in [1.54, 1.807) is 50.7 Å². The molecule has 0 aliphatic carbocycles. The summed E-state index contributed by atoms with van der Waals surface area (Å²) in [5.41, 5.74) is 1.13. The van der Waals surface area contributed by atoms with Crippen molar-refractivity contribution in [2.75, 3.05) is 19.5 Å². The van der Waals surface area contributed by atoms with Gasteiger partial charge >= 0.3 is 0 Å². The minimum atomic E-state index is -0.233. The Balaban J connectivity index is 1.82. The van der Waals surface area contributed by atoms with Gasteiger partial charge in [0, 0.05) is 22.8 Å². The summed E-state index contributed by atoms with van der Waals surface area (Å²) < 4.78 is 10.5. The van der Waals surface area contributed by atoms with Crippen LogP contribution in [0.4, 0.5) is 5.69 Å². The summed E-state index contributed by atoms with van der Waals surface area (Å²) in [5, 5.41) is 3.53. The van der Waals surface area contributed by atoms with Crippen LogP contribution >= 0.6 is 11.8 Å². The summed E-state index contributed by atoms with van der Waals surface area (Å²) in [6.07, 6.45) is 1.68. The molecule has 0 fully saturated rings. The van der Waals surface area contributed by atoms with E-state index in [1.165, 1.54) is 11.8 Å². The van der Waals surface area contributed by atoms with Gasteiger partial charge in [-0.1, -0.05) is 30.0 Å². The number of nitrogens with zero attached hydrogens (tertiary/aromatic N) is 1. The minimum Gasteiger partial charge on any atom is -0.493 e. The summed E-state index contributed by atoms with van der Waals surface area (Å²) >= 11 is 1.45. The van der Waals surface area contributed by atoms with Crippen molar-refractivity contribution in [1.29, 1.82) is 0 Å². The SMILES string of the molecule is COc1ccc(NC(=O)c2cccnc2Sc2ccccc2)cc1OC. The number of ether oxygens (including phenoxy) is 2. The molecule has 0 unspecified atom stereocenters. The number of methoxy groups -OCH3 is 2. The van der Waals surface area contributed by atoms with E-state index in [0.29, 0.717) is 27.8 Å². The lowest BCUT2D eigenvalue weighted by Gasteiger charge is -2.12. The van der Waals surface area contributed by atoms with Crippen LogP contribution in [0.2, 0.25) is 0 Å². The summed E-state index contributed by atoms with van der Waals surface area (Å²) in [5.74, 6) is 0.923. The first kappa shape index (κ1) is 17.8. The number of hydrogen-bond donors (Lipinski definition) is 1. The maximum atomic E-state index is 12.7. The summed E-state index contributed by atoms with van der Waals surface area (Å²) in [7, 11) is 3.12. The Labute approximate surface area is 156 Å². The molecule has 0 aliphatic heterocycles. The molecule has 0 bridgehead atoms. The topological polar surface area (TPSA) is 60.5 Å². The Morgan fingerprint density at radius 1 is 0.962 bits per heavy atom. The van der Waals surface area contributed by atoms with E-state index >= 15 is 0 Å². The zero-order chi connectivity index (χ0) is 18.4. The van der Waals surface area contributed by atoms with Crippen molar-refractivity contribution in [3.63, 3.8) is 0 Å². The molecular weight excluding hydrogens is 348 g/mol. The monoisotopic (exact) mass is 366 g/mol. The molecular formula is C20H18N2O3S. The van der Waals surface area contributed by atoms with Crippen LogP contribution in [-0.2, 0) is 0 Å². The summed E-state index contributed by atoms with van der Waals surface area (Å²) in [6.45, 7) is 0. The Morgan fingerprint density at radius 2 is 1.73 bits per heavy atom. The van der Waals surface area contributed by atoms with Crippen molar-refractivity contribution in [1.82, 2.24) is 4.98 Å². The van der Waals surface area contributed by atoms with Crippen LogP contribution in [0.25, 0.3) is 0 Å². The average Bonchev–Trinajstić information content (AvgIpc) is 2.69. The molecule has 1 heterocycles. The molecule has 0 spiro atoms. The highest BCUT2D eigenvalue weighted by molar-refractivity contribution is 7.99. The molecule has 132 valence electrons. The van der Waals surface area contributed by atoms with Crippen LogP contribution in [0.1, 0.15) is 10.4 Å². The molecule has 1 aromatic heterocycles. The van der Waals surface area contributed by atoms with Gasteiger partial charge in [0.25, 0.3) is 5.91 Å². The fourth-order valence-electron chi connectivity index (χ4n) is 2.36.